The van der Waals surface area contributed by atoms with Crippen molar-refractivity contribution in [3.8, 4) is 0 Å². The van der Waals surface area contributed by atoms with Gasteiger partial charge in [0.05, 0.1) is 6.42 Å². The summed E-state index contributed by atoms with van der Waals surface area (Å²) in [5, 5.41) is 0. The van der Waals surface area contributed by atoms with Crippen molar-refractivity contribution in [2.75, 3.05) is 7.05 Å². The van der Waals surface area contributed by atoms with E-state index in [-0.39, 0.29) is 12.3 Å². The van der Waals surface area contributed by atoms with Crippen molar-refractivity contribution in [1.29, 1.82) is 0 Å². The highest BCUT2D eigenvalue weighted by molar-refractivity contribution is 6.17. The average Bonchev–Trinajstić information content (AvgIpc) is 2.63. The van der Waals surface area contributed by atoms with Gasteiger partial charge in [-0.1, -0.05) is 0 Å². The zero-order valence-corrected chi connectivity index (χ0v) is 7.97. The minimum absolute atomic E-state index is 0.117. The van der Waals surface area contributed by atoms with E-state index in [1.807, 2.05) is 0 Å². The third-order valence-electron chi connectivity index (χ3n) is 2.51. The summed E-state index contributed by atoms with van der Waals surface area (Å²) in [5.41, 5.74) is 0. The molecule has 0 aromatic carbocycles. The van der Waals surface area contributed by atoms with E-state index >= 15 is 0 Å². The third-order valence-corrected chi connectivity index (χ3v) is 2.51. The number of amides is 4. The number of carbonyl (C=O) groups excluding carboxylic acids is 4. The van der Waals surface area contributed by atoms with E-state index in [0.29, 0.717) is 0 Å². The normalized spacial score (nSPS) is 26.1. The zero-order chi connectivity index (χ0) is 11.2. The van der Waals surface area contributed by atoms with E-state index < -0.39 is 23.8 Å². The minimum Gasteiger partial charge on any atom is -0.284 e. The lowest BCUT2D eigenvalue weighted by Crippen LogP contribution is -2.44. The lowest BCUT2D eigenvalue weighted by molar-refractivity contribution is -0.146. The van der Waals surface area contributed by atoms with Gasteiger partial charge < -0.3 is 0 Å². The second-order valence-electron chi connectivity index (χ2n) is 3.39. The maximum atomic E-state index is 11.5. The van der Waals surface area contributed by atoms with Gasteiger partial charge in [-0.25, -0.2) is 0 Å². The number of nitrogens with zero attached hydrogens (tertiary/aromatic N) is 2. The molecule has 1 fully saturated rings. The van der Waals surface area contributed by atoms with Gasteiger partial charge in [-0.2, -0.15) is 0 Å². The van der Waals surface area contributed by atoms with E-state index in [0.717, 1.165) is 22.0 Å². The molecule has 4 amide bonds. The van der Waals surface area contributed by atoms with Gasteiger partial charge in [-0.05, 0) is 0 Å². The lowest BCUT2D eigenvalue weighted by Gasteiger charge is -2.19. The van der Waals surface area contributed by atoms with Crippen LogP contribution in [-0.4, -0.2) is 46.5 Å². The van der Waals surface area contributed by atoms with Crippen LogP contribution in [-0.2, 0) is 19.2 Å². The summed E-state index contributed by atoms with van der Waals surface area (Å²) in [7, 11) is 1.34. The number of rotatable bonds is 1. The first kappa shape index (κ1) is 9.57. The Morgan fingerprint density at radius 2 is 1.67 bits per heavy atom. The summed E-state index contributed by atoms with van der Waals surface area (Å²) >= 11 is 0. The first-order valence-corrected chi connectivity index (χ1v) is 4.38. The van der Waals surface area contributed by atoms with Crippen LogP contribution in [0, 0.1) is 0 Å². The highest BCUT2D eigenvalue weighted by Crippen LogP contribution is 2.20. The second kappa shape index (κ2) is 3.01. The molecule has 78 valence electrons. The molecule has 2 heterocycles. The van der Waals surface area contributed by atoms with Gasteiger partial charge in [-0.3, -0.25) is 29.0 Å². The number of hydrogen-bond donors (Lipinski definition) is 0. The van der Waals surface area contributed by atoms with Crippen molar-refractivity contribution in [2.45, 2.75) is 12.5 Å². The van der Waals surface area contributed by atoms with Gasteiger partial charge >= 0.3 is 0 Å². The predicted molar refractivity (Wildman–Crippen MR) is 47.2 cm³/mol. The maximum absolute atomic E-state index is 11.5. The van der Waals surface area contributed by atoms with Gasteiger partial charge in [0.15, 0.2) is 0 Å². The molecule has 2 aliphatic rings. The Morgan fingerprint density at radius 1 is 1.13 bits per heavy atom. The molecule has 0 bridgehead atoms. The first-order chi connectivity index (χ1) is 7.02. The van der Waals surface area contributed by atoms with Gasteiger partial charge in [0, 0.05) is 19.2 Å². The Morgan fingerprint density at radius 3 is 2.07 bits per heavy atom. The lowest BCUT2D eigenvalue weighted by atomic mass is 10.2. The standard InChI is InChI=1S/C9H8N2O4/c1-10-8(14)4-5(9(10)15)11-6(12)2-3-7(11)13/h2-3,5H,4H2,1H3. The first-order valence-electron chi connectivity index (χ1n) is 4.38. The monoisotopic (exact) mass is 208 g/mol. The number of likely N-dealkylation sites (tertiary alicyclic amines) is 1. The van der Waals surface area contributed by atoms with Crippen LogP contribution in [0.5, 0.6) is 0 Å². The molecule has 2 rings (SSSR count). The molecule has 15 heavy (non-hydrogen) atoms. The molecule has 0 spiro atoms. The molecule has 0 aliphatic carbocycles. The van der Waals surface area contributed by atoms with Crippen LogP contribution in [0.25, 0.3) is 0 Å². The maximum Gasteiger partial charge on any atom is 0.254 e. The van der Waals surface area contributed by atoms with E-state index in [1.165, 1.54) is 7.05 Å². The summed E-state index contributed by atoms with van der Waals surface area (Å²) in [5.74, 6) is -1.97. The fourth-order valence-corrected chi connectivity index (χ4v) is 1.66. The summed E-state index contributed by atoms with van der Waals surface area (Å²) in [6, 6.07) is -0.961. The Hall–Kier alpha value is -1.98. The van der Waals surface area contributed by atoms with Crippen molar-refractivity contribution in [3.63, 3.8) is 0 Å². The van der Waals surface area contributed by atoms with Gasteiger partial charge in [0.1, 0.15) is 6.04 Å². The van der Waals surface area contributed by atoms with Gasteiger partial charge in [0.2, 0.25) is 5.91 Å². The largest absolute Gasteiger partial charge is 0.284 e. The van der Waals surface area contributed by atoms with E-state index in [9.17, 15) is 19.2 Å². The van der Waals surface area contributed by atoms with Crippen LogP contribution in [0.1, 0.15) is 6.42 Å². The van der Waals surface area contributed by atoms with Crippen LogP contribution in [0.2, 0.25) is 0 Å². The minimum atomic E-state index is -0.961. The second-order valence-corrected chi connectivity index (χ2v) is 3.39. The Bertz CT molecular complexity index is 394. The molecular weight excluding hydrogens is 200 g/mol. The average molecular weight is 208 g/mol. The Kier molecular flexibility index (Phi) is 1.92. The Balaban J connectivity index is 2.27. The highest BCUT2D eigenvalue weighted by atomic mass is 16.2. The molecule has 6 heteroatoms. The molecule has 1 unspecified atom stereocenters. The van der Waals surface area contributed by atoms with Crippen molar-refractivity contribution >= 4 is 23.6 Å². The summed E-state index contributed by atoms with van der Waals surface area (Å²) in [6.45, 7) is 0. The summed E-state index contributed by atoms with van der Waals surface area (Å²) in [4.78, 5) is 47.0. The zero-order valence-electron chi connectivity index (χ0n) is 7.97. The smallest absolute Gasteiger partial charge is 0.254 e. The molecule has 1 atom stereocenters. The molecular formula is C9H8N2O4. The van der Waals surface area contributed by atoms with Gasteiger partial charge in [-0.15, -0.1) is 0 Å². The number of hydrogen-bond acceptors (Lipinski definition) is 4. The van der Waals surface area contributed by atoms with E-state index in [1.54, 1.807) is 0 Å². The molecule has 0 saturated carbocycles. The fraction of sp³-hybridized carbons (Fsp3) is 0.333. The molecule has 0 aromatic rings. The summed E-state index contributed by atoms with van der Waals surface area (Å²) in [6.07, 6.45) is 2.07. The predicted octanol–water partition coefficient (Wildman–Crippen LogP) is -1.33. The van der Waals surface area contributed by atoms with Crippen LogP contribution in [0.3, 0.4) is 0 Å². The molecule has 2 aliphatic heterocycles. The Labute approximate surface area is 85.1 Å². The quantitative estimate of drug-likeness (QED) is 0.500. The van der Waals surface area contributed by atoms with Crippen LogP contribution >= 0.6 is 0 Å². The van der Waals surface area contributed by atoms with Crippen molar-refractivity contribution in [3.05, 3.63) is 12.2 Å². The van der Waals surface area contributed by atoms with Crippen LogP contribution in [0.15, 0.2) is 12.2 Å². The number of imide groups is 2. The molecule has 0 radical (unpaired) electrons. The fourth-order valence-electron chi connectivity index (χ4n) is 1.66. The number of likely N-dealkylation sites (N-methyl/N-ethyl adjacent to an activating group) is 1. The topological polar surface area (TPSA) is 74.8 Å². The van der Waals surface area contributed by atoms with E-state index in [4.69, 9.17) is 0 Å². The van der Waals surface area contributed by atoms with Gasteiger partial charge in [0.25, 0.3) is 17.7 Å². The molecule has 6 nitrogen and oxygen atoms in total. The van der Waals surface area contributed by atoms with Crippen molar-refractivity contribution < 1.29 is 19.2 Å². The van der Waals surface area contributed by atoms with Crippen LogP contribution < -0.4 is 0 Å². The molecule has 0 N–H and O–H groups in total. The molecule has 1 saturated heterocycles. The third kappa shape index (κ3) is 1.25. The highest BCUT2D eigenvalue weighted by Gasteiger charge is 2.44. The number of carbonyl (C=O) groups is 4. The van der Waals surface area contributed by atoms with Crippen molar-refractivity contribution in [2.24, 2.45) is 0 Å². The van der Waals surface area contributed by atoms with Crippen LogP contribution in [0.4, 0.5) is 0 Å². The van der Waals surface area contributed by atoms with E-state index in [2.05, 4.69) is 0 Å². The summed E-state index contributed by atoms with van der Waals surface area (Å²) < 4.78 is 0. The SMILES string of the molecule is CN1C(=O)CC(N2C(=O)C=CC2=O)C1=O. The van der Waals surface area contributed by atoms with Crippen molar-refractivity contribution in [1.82, 2.24) is 9.80 Å². The molecule has 0 aromatic heterocycles.